The van der Waals surface area contributed by atoms with Crippen molar-refractivity contribution in [3.8, 4) is 23.1 Å². The molecule has 1 aromatic carbocycles. The van der Waals surface area contributed by atoms with Gasteiger partial charge in [-0.3, -0.25) is 0 Å². The third-order valence-electron chi connectivity index (χ3n) is 4.35. The van der Waals surface area contributed by atoms with Gasteiger partial charge in [0.2, 0.25) is 11.8 Å². The van der Waals surface area contributed by atoms with Crippen LogP contribution in [0.2, 0.25) is 0 Å². The lowest BCUT2D eigenvalue weighted by Crippen LogP contribution is -2.30. The van der Waals surface area contributed by atoms with E-state index < -0.39 is 0 Å². The van der Waals surface area contributed by atoms with E-state index in [1.165, 1.54) is 5.57 Å². The Labute approximate surface area is 153 Å². The number of rotatable bonds is 6. The maximum absolute atomic E-state index is 5.57. The zero-order chi connectivity index (χ0) is 18.5. The molecule has 1 aromatic heterocycles. The fourth-order valence-electron chi connectivity index (χ4n) is 3.00. The summed E-state index contributed by atoms with van der Waals surface area (Å²) in [5.74, 6) is 3.39. The second kappa shape index (κ2) is 7.95. The van der Waals surface area contributed by atoms with Gasteiger partial charge in [0, 0.05) is 37.5 Å². The first kappa shape index (κ1) is 17.8. The molecule has 0 atom stereocenters. The molecule has 7 heteroatoms. The van der Waals surface area contributed by atoms with Crippen LogP contribution in [0.25, 0.3) is 5.57 Å². The molecule has 0 saturated heterocycles. The molecule has 1 aliphatic heterocycles. The highest BCUT2D eigenvalue weighted by molar-refractivity contribution is 5.78. The summed E-state index contributed by atoms with van der Waals surface area (Å²) in [5.41, 5.74) is 2.13. The number of nitrogens with zero attached hydrogens (tertiary/aromatic N) is 3. The molecular weight excluding hydrogens is 334 g/mol. The van der Waals surface area contributed by atoms with Crippen LogP contribution in [0, 0.1) is 0 Å². The highest BCUT2D eigenvalue weighted by Crippen LogP contribution is 2.41. The maximum Gasteiger partial charge on any atom is 0.228 e. The molecule has 3 rings (SSSR count). The predicted molar refractivity (Wildman–Crippen MR) is 99.5 cm³/mol. The van der Waals surface area contributed by atoms with Crippen molar-refractivity contribution in [3.63, 3.8) is 0 Å². The van der Waals surface area contributed by atoms with Crippen LogP contribution in [0.15, 0.2) is 30.5 Å². The van der Waals surface area contributed by atoms with Crippen molar-refractivity contribution in [2.24, 2.45) is 0 Å². The number of hydrogen-bond donors (Lipinski definition) is 0. The number of hydrogen-bond acceptors (Lipinski definition) is 7. The molecule has 0 radical (unpaired) electrons. The fraction of sp³-hybridized carbons (Fsp3) is 0.368. The largest absolute Gasteiger partial charge is 0.496 e. The average Bonchev–Trinajstić information content (AvgIpc) is 2.72. The lowest BCUT2D eigenvalue weighted by atomic mass is 9.97. The predicted octanol–water partition coefficient (Wildman–Crippen LogP) is 2.80. The van der Waals surface area contributed by atoms with E-state index in [9.17, 15) is 0 Å². The Balaban J connectivity index is 1.89. The van der Waals surface area contributed by atoms with Crippen LogP contribution in [-0.4, -0.2) is 51.5 Å². The molecule has 0 amide bonds. The van der Waals surface area contributed by atoms with Crippen molar-refractivity contribution in [1.82, 2.24) is 9.97 Å². The van der Waals surface area contributed by atoms with Crippen LogP contribution in [0.5, 0.6) is 23.1 Å². The summed E-state index contributed by atoms with van der Waals surface area (Å²) >= 11 is 0. The summed E-state index contributed by atoms with van der Waals surface area (Å²) in [4.78, 5) is 10.8. The number of aromatic nitrogens is 2. The van der Waals surface area contributed by atoms with Crippen molar-refractivity contribution in [3.05, 3.63) is 36.0 Å². The van der Waals surface area contributed by atoms with Crippen molar-refractivity contribution in [2.75, 3.05) is 46.4 Å². The van der Waals surface area contributed by atoms with Gasteiger partial charge in [-0.15, -0.1) is 0 Å². The normalized spacial score (nSPS) is 13.8. The number of benzene rings is 1. The van der Waals surface area contributed by atoms with Crippen LogP contribution in [0.1, 0.15) is 12.0 Å². The van der Waals surface area contributed by atoms with Gasteiger partial charge < -0.3 is 23.8 Å². The van der Waals surface area contributed by atoms with E-state index in [1.807, 2.05) is 12.1 Å². The number of methoxy groups -OCH3 is 4. The quantitative estimate of drug-likeness (QED) is 0.787. The Bertz CT molecular complexity index is 782. The van der Waals surface area contributed by atoms with Crippen LogP contribution in [0.3, 0.4) is 0 Å². The van der Waals surface area contributed by atoms with E-state index in [4.69, 9.17) is 18.9 Å². The van der Waals surface area contributed by atoms with Gasteiger partial charge in [0.05, 0.1) is 34.0 Å². The van der Waals surface area contributed by atoms with Gasteiger partial charge in [-0.25, -0.2) is 4.98 Å². The molecule has 0 fully saturated rings. The van der Waals surface area contributed by atoms with E-state index in [0.717, 1.165) is 30.0 Å². The van der Waals surface area contributed by atoms with Gasteiger partial charge in [0.1, 0.15) is 17.2 Å². The van der Waals surface area contributed by atoms with Gasteiger partial charge >= 0.3 is 0 Å². The van der Waals surface area contributed by atoms with Gasteiger partial charge in [-0.2, -0.15) is 4.98 Å². The van der Waals surface area contributed by atoms with Crippen LogP contribution in [0.4, 0.5) is 5.95 Å². The van der Waals surface area contributed by atoms with Crippen molar-refractivity contribution >= 4 is 11.5 Å². The molecule has 26 heavy (non-hydrogen) atoms. The Kier molecular flexibility index (Phi) is 5.46. The summed E-state index contributed by atoms with van der Waals surface area (Å²) in [6, 6.07) is 5.48. The Morgan fingerprint density at radius 1 is 0.962 bits per heavy atom. The van der Waals surface area contributed by atoms with E-state index in [0.29, 0.717) is 24.1 Å². The lowest BCUT2D eigenvalue weighted by molar-refractivity contribution is 0.373. The van der Waals surface area contributed by atoms with Gasteiger partial charge in [-0.05, 0) is 12.0 Å². The first-order valence-electron chi connectivity index (χ1n) is 8.31. The summed E-state index contributed by atoms with van der Waals surface area (Å²) in [6.45, 7) is 1.48. The summed E-state index contributed by atoms with van der Waals surface area (Å²) in [7, 11) is 6.53. The molecule has 0 saturated carbocycles. The van der Waals surface area contributed by atoms with Gasteiger partial charge in [0.25, 0.3) is 0 Å². The van der Waals surface area contributed by atoms with Crippen LogP contribution < -0.4 is 23.8 Å². The zero-order valence-corrected chi connectivity index (χ0v) is 15.5. The van der Waals surface area contributed by atoms with Gasteiger partial charge in [-0.1, -0.05) is 6.08 Å². The minimum absolute atomic E-state index is 0.559. The molecule has 2 heterocycles. The summed E-state index contributed by atoms with van der Waals surface area (Å²) in [6.07, 6.45) is 4.68. The molecule has 7 nitrogen and oxygen atoms in total. The highest BCUT2D eigenvalue weighted by Gasteiger charge is 2.22. The van der Waals surface area contributed by atoms with E-state index >= 15 is 0 Å². The van der Waals surface area contributed by atoms with Crippen LogP contribution >= 0.6 is 0 Å². The van der Waals surface area contributed by atoms with Crippen molar-refractivity contribution in [1.29, 1.82) is 0 Å². The first-order valence-corrected chi connectivity index (χ1v) is 8.31. The van der Waals surface area contributed by atoms with E-state index in [1.54, 1.807) is 40.7 Å². The Morgan fingerprint density at radius 2 is 1.69 bits per heavy atom. The molecule has 0 spiro atoms. The van der Waals surface area contributed by atoms with Gasteiger partial charge in [0.15, 0.2) is 0 Å². The van der Waals surface area contributed by atoms with E-state index in [-0.39, 0.29) is 0 Å². The molecule has 0 bridgehead atoms. The van der Waals surface area contributed by atoms with Crippen LogP contribution in [-0.2, 0) is 0 Å². The first-order chi connectivity index (χ1) is 12.7. The van der Waals surface area contributed by atoms with E-state index in [2.05, 4.69) is 20.9 Å². The van der Waals surface area contributed by atoms with Crippen molar-refractivity contribution < 1.29 is 18.9 Å². The van der Waals surface area contributed by atoms with Crippen molar-refractivity contribution in [2.45, 2.75) is 6.42 Å². The highest BCUT2D eigenvalue weighted by atomic mass is 16.5. The minimum Gasteiger partial charge on any atom is -0.496 e. The maximum atomic E-state index is 5.57. The molecule has 1 aliphatic rings. The number of ether oxygens (including phenoxy) is 4. The molecular formula is C19H23N3O4. The molecule has 0 unspecified atom stereocenters. The fourth-order valence-corrected chi connectivity index (χ4v) is 3.00. The second-order valence-electron chi connectivity index (χ2n) is 5.73. The smallest absolute Gasteiger partial charge is 0.228 e. The summed E-state index contributed by atoms with van der Waals surface area (Å²) in [5, 5.41) is 0. The topological polar surface area (TPSA) is 65.9 Å². The molecule has 0 aliphatic carbocycles. The third-order valence-corrected chi connectivity index (χ3v) is 4.35. The molecule has 138 valence electrons. The standard InChI is InChI=1S/C19H23N3O4/c1-23-14-11-15(24-2)18(16(12-14)25-3)13-6-9-22(10-7-13)19-20-8-5-17(21-19)26-4/h5-6,8,11-12H,7,9-10H2,1-4H3. The Morgan fingerprint density at radius 3 is 2.23 bits per heavy atom. The number of anilines is 1. The lowest BCUT2D eigenvalue weighted by Gasteiger charge is -2.28. The SMILES string of the molecule is COc1cc(OC)c(C2=CCN(c3nccc(OC)n3)CC2)c(OC)c1. The molecule has 0 N–H and O–H groups in total. The zero-order valence-electron chi connectivity index (χ0n) is 15.5. The Hall–Kier alpha value is -2.96. The minimum atomic E-state index is 0.559. The average molecular weight is 357 g/mol. The summed E-state index contributed by atoms with van der Waals surface area (Å²) < 4.78 is 21.6. The monoisotopic (exact) mass is 357 g/mol. The molecule has 2 aromatic rings. The third kappa shape index (κ3) is 3.51. The second-order valence-corrected chi connectivity index (χ2v) is 5.73.